The molecule has 204 valence electrons. The second-order valence-electron chi connectivity index (χ2n) is 14.9. The molecule has 0 spiro atoms. The SMILES string of the molecule is CC(C)(C)[Si](C)(C)OCCO[C@H]1CC[C@@]2(C)[C@@H](CC[C@@H]3[C@@H]2CC[C@@]2(C)[C@H]3CC[C@@]2(O)c2ccoc2)C1. The van der Waals surface area contributed by atoms with E-state index in [2.05, 4.69) is 47.7 Å². The summed E-state index contributed by atoms with van der Waals surface area (Å²) in [7, 11) is -1.70. The lowest BCUT2D eigenvalue weighted by Gasteiger charge is -2.61. The standard InChI is InChI=1S/C31H52O4Si/c1-28(2,3)36(6,7)35-19-18-34-24-10-14-29(4)22(20-24)8-9-25-26(29)11-15-30(5)27(25)12-16-31(30,32)23-13-17-33-21-23/h13,17,21-22,24-27,32H,8-12,14-16,18-20H2,1-7H3/t22-,24-,25+,26-,27-,29-,30-,31+/m0/s1. The maximum absolute atomic E-state index is 11.9. The topological polar surface area (TPSA) is 51.8 Å². The van der Waals surface area contributed by atoms with Gasteiger partial charge in [0.1, 0.15) is 0 Å². The molecule has 0 aromatic carbocycles. The van der Waals surface area contributed by atoms with Gasteiger partial charge in [0.05, 0.1) is 37.4 Å². The van der Waals surface area contributed by atoms with Gasteiger partial charge in [0.25, 0.3) is 0 Å². The van der Waals surface area contributed by atoms with Crippen LogP contribution < -0.4 is 0 Å². The Bertz CT molecular complexity index is 906. The lowest BCUT2D eigenvalue weighted by atomic mass is 9.44. The number of hydrogen-bond acceptors (Lipinski definition) is 4. The Morgan fingerprint density at radius 2 is 1.75 bits per heavy atom. The van der Waals surface area contributed by atoms with Crippen molar-refractivity contribution in [2.24, 2.45) is 34.5 Å². The molecule has 4 nitrogen and oxygen atoms in total. The van der Waals surface area contributed by atoms with E-state index in [1.807, 2.05) is 6.07 Å². The van der Waals surface area contributed by atoms with Gasteiger partial charge in [-0.15, -0.1) is 0 Å². The fourth-order valence-electron chi connectivity index (χ4n) is 9.09. The van der Waals surface area contributed by atoms with Crippen molar-refractivity contribution in [3.63, 3.8) is 0 Å². The summed E-state index contributed by atoms with van der Waals surface area (Å²) in [6, 6.07) is 2.00. The van der Waals surface area contributed by atoms with Crippen molar-refractivity contribution in [1.82, 2.24) is 0 Å². The van der Waals surface area contributed by atoms with Crippen LogP contribution in [-0.4, -0.2) is 32.7 Å². The highest BCUT2D eigenvalue weighted by Gasteiger charge is 2.65. The molecule has 0 amide bonds. The molecule has 4 aliphatic rings. The molecule has 8 atom stereocenters. The van der Waals surface area contributed by atoms with Gasteiger partial charge >= 0.3 is 0 Å². The van der Waals surface area contributed by atoms with Crippen molar-refractivity contribution >= 4 is 8.32 Å². The third kappa shape index (κ3) is 4.19. The number of ether oxygens (including phenoxy) is 1. The average molecular weight is 517 g/mol. The predicted molar refractivity (Wildman–Crippen MR) is 147 cm³/mol. The lowest BCUT2D eigenvalue weighted by molar-refractivity contribution is -0.165. The van der Waals surface area contributed by atoms with Gasteiger partial charge < -0.3 is 18.7 Å². The predicted octanol–water partition coefficient (Wildman–Crippen LogP) is 7.92. The van der Waals surface area contributed by atoms with E-state index < -0.39 is 13.9 Å². The minimum atomic E-state index is -1.70. The molecule has 4 fully saturated rings. The first-order valence-electron chi connectivity index (χ1n) is 14.8. The van der Waals surface area contributed by atoms with Crippen LogP contribution >= 0.6 is 0 Å². The minimum absolute atomic E-state index is 0.0360. The molecule has 5 heteroatoms. The van der Waals surface area contributed by atoms with E-state index in [4.69, 9.17) is 13.6 Å². The van der Waals surface area contributed by atoms with E-state index >= 15 is 0 Å². The zero-order chi connectivity index (χ0) is 26.0. The summed E-state index contributed by atoms with van der Waals surface area (Å²) < 4.78 is 18.2. The number of aliphatic hydroxyl groups is 1. The average Bonchev–Trinajstić information content (AvgIpc) is 3.44. The number of fused-ring (bicyclic) bond motifs is 5. The van der Waals surface area contributed by atoms with Crippen molar-refractivity contribution in [2.75, 3.05) is 13.2 Å². The third-order valence-electron chi connectivity index (χ3n) is 12.5. The van der Waals surface area contributed by atoms with Gasteiger partial charge in [-0.25, -0.2) is 0 Å². The molecule has 4 aliphatic carbocycles. The summed E-state index contributed by atoms with van der Waals surface area (Å²) in [6.07, 6.45) is 14.7. The van der Waals surface area contributed by atoms with Crippen LogP contribution in [0.4, 0.5) is 0 Å². The normalized spacial score (nSPS) is 43.1. The second-order valence-corrected chi connectivity index (χ2v) is 19.7. The van der Waals surface area contributed by atoms with E-state index in [9.17, 15) is 5.11 Å². The Balaban J connectivity index is 1.20. The zero-order valence-corrected chi connectivity index (χ0v) is 25.1. The Morgan fingerprint density at radius 3 is 2.44 bits per heavy atom. The fraction of sp³-hybridized carbons (Fsp3) is 0.871. The summed E-state index contributed by atoms with van der Waals surface area (Å²) in [6.45, 7) is 18.0. The molecule has 5 rings (SSSR count). The van der Waals surface area contributed by atoms with Gasteiger partial charge in [-0.05, 0) is 111 Å². The smallest absolute Gasteiger partial charge is 0.192 e. The van der Waals surface area contributed by atoms with Crippen LogP contribution in [0.5, 0.6) is 0 Å². The first kappa shape index (κ1) is 27.0. The van der Waals surface area contributed by atoms with E-state index in [1.54, 1.807) is 12.5 Å². The fourth-order valence-corrected chi connectivity index (χ4v) is 10.1. The van der Waals surface area contributed by atoms with Crippen molar-refractivity contribution in [3.8, 4) is 0 Å². The van der Waals surface area contributed by atoms with E-state index in [1.165, 1.54) is 38.5 Å². The van der Waals surface area contributed by atoms with Crippen molar-refractivity contribution in [2.45, 2.75) is 122 Å². The first-order chi connectivity index (χ1) is 16.8. The molecule has 1 aromatic heterocycles. The highest BCUT2D eigenvalue weighted by molar-refractivity contribution is 6.74. The number of hydrogen-bond donors (Lipinski definition) is 1. The molecule has 0 unspecified atom stereocenters. The monoisotopic (exact) mass is 516 g/mol. The molecule has 36 heavy (non-hydrogen) atoms. The van der Waals surface area contributed by atoms with Crippen LogP contribution in [0.1, 0.15) is 98.0 Å². The van der Waals surface area contributed by atoms with E-state index in [-0.39, 0.29) is 10.5 Å². The maximum atomic E-state index is 11.9. The van der Waals surface area contributed by atoms with Gasteiger partial charge in [-0.1, -0.05) is 34.6 Å². The van der Waals surface area contributed by atoms with Crippen LogP contribution in [0.15, 0.2) is 23.0 Å². The van der Waals surface area contributed by atoms with E-state index in [0.717, 1.165) is 55.8 Å². The third-order valence-corrected chi connectivity index (χ3v) is 17.0. The molecule has 0 saturated heterocycles. The number of furan rings is 1. The van der Waals surface area contributed by atoms with Gasteiger partial charge in [0.2, 0.25) is 0 Å². The van der Waals surface area contributed by atoms with Crippen molar-refractivity contribution in [3.05, 3.63) is 24.2 Å². The highest BCUT2D eigenvalue weighted by Crippen LogP contribution is 2.70. The van der Waals surface area contributed by atoms with Crippen LogP contribution in [0.25, 0.3) is 0 Å². The summed E-state index contributed by atoms with van der Waals surface area (Å²) in [4.78, 5) is 0. The molecule has 0 aliphatic heterocycles. The molecule has 1 heterocycles. The maximum Gasteiger partial charge on any atom is 0.192 e. The zero-order valence-electron chi connectivity index (χ0n) is 24.1. The highest BCUT2D eigenvalue weighted by atomic mass is 28.4. The Hall–Kier alpha value is -0.623. The Morgan fingerprint density at radius 1 is 1.00 bits per heavy atom. The van der Waals surface area contributed by atoms with Gasteiger partial charge in [0.15, 0.2) is 8.32 Å². The largest absolute Gasteiger partial charge is 0.472 e. The Labute approximate surface area is 221 Å². The van der Waals surface area contributed by atoms with Crippen LogP contribution in [0, 0.1) is 34.5 Å². The van der Waals surface area contributed by atoms with Crippen LogP contribution in [0.2, 0.25) is 18.1 Å². The van der Waals surface area contributed by atoms with Crippen molar-refractivity contribution < 1.29 is 18.7 Å². The summed E-state index contributed by atoms with van der Waals surface area (Å²) in [5.41, 5.74) is 0.663. The van der Waals surface area contributed by atoms with Crippen LogP contribution in [0.3, 0.4) is 0 Å². The molecule has 1 aromatic rings. The molecular formula is C31H52O4Si. The van der Waals surface area contributed by atoms with Crippen molar-refractivity contribution in [1.29, 1.82) is 0 Å². The molecule has 1 N–H and O–H groups in total. The molecule has 4 saturated carbocycles. The Kier molecular flexibility index (Phi) is 6.92. The second kappa shape index (κ2) is 9.24. The van der Waals surface area contributed by atoms with Gasteiger partial charge in [-0.2, -0.15) is 0 Å². The summed E-state index contributed by atoms with van der Waals surface area (Å²) in [5, 5.41) is 12.2. The number of rotatable bonds is 6. The molecule has 0 radical (unpaired) electrons. The summed E-state index contributed by atoms with van der Waals surface area (Å²) in [5.74, 6) is 2.94. The minimum Gasteiger partial charge on any atom is -0.472 e. The van der Waals surface area contributed by atoms with Gasteiger partial charge in [0, 0.05) is 11.0 Å². The van der Waals surface area contributed by atoms with Crippen LogP contribution in [-0.2, 0) is 14.8 Å². The van der Waals surface area contributed by atoms with E-state index in [0.29, 0.717) is 17.4 Å². The molecule has 0 bridgehead atoms. The lowest BCUT2D eigenvalue weighted by Crippen LogP contribution is -2.56. The molecular weight excluding hydrogens is 464 g/mol. The first-order valence-corrected chi connectivity index (χ1v) is 17.7. The quantitative estimate of drug-likeness (QED) is 0.308. The van der Waals surface area contributed by atoms with Gasteiger partial charge in [-0.3, -0.25) is 0 Å². The summed E-state index contributed by atoms with van der Waals surface area (Å²) >= 11 is 0.